The van der Waals surface area contributed by atoms with Crippen molar-refractivity contribution in [2.45, 2.75) is 6.42 Å². The van der Waals surface area contributed by atoms with Crippen molar-refractivity contribution >= 4 is 11.6 Å². The van der Waals surface area contributed by atoms with Gasteiger partial charge in [-0.2, -0.15) is 0 Å². The highest BCUT2D eigenvalue weighted by Gasteiger charge is 2.15. The summed E-state index contributed by atoms with van der Waals surface area (Å²) >= 11 is 0. The molecule has 1 aliphatic heterocycles. The van der Waals surface area contributed by atoms with Gasteiger partial charge in [-0.1, -0.05) is 30.3 Å². The number of ether oxygens (including phenoxy) is 1. The number of anilines is 1. The smallest absolute Gasteiger partial charge is 0.258 e. The zero-order valence-corrected chi connectivity index (χ0v) is 19.2. The molecule has 6 heteroatoms. The van der Waals surface area contributed by atoms with Crippen LogP contribution in [0.1, 0.15) is 15.9 Å². The number of nitrogens with one attached hydrogen (secondary N) is 1. The van der Waals surface area contributed by atoms with E-state index in [0.29, 0.717) is 11.3 Å². The Labute approximate surface area is 194 Å². The summed E-state index contributed by atoms with van der Waals surface area (Å²) < 4.78 is 19.9. The lowest BCUT2D eigenvalue weighted by Gasteiger charge is -2.32. The van der Waals surface area contributed by atoms with Crippen molar-refractivity contribution in [3.05, 3.63) is 83.7 Å². The lowest BCUT2D eigenvalue weighted by Crippen LogP contribution is -2.45. The van der Waals surface area contributed by atoms with Crippen LogP contribution in [0.2, 0.25) is 0 Å². The molecule has 1 amide bonds. The third-order valence-corrected chi connectivity index (χ3v) is 6.16. The maximum absolute atomic E-state index is 14.7. The van der Waals surface area contributed by atoms with Gasteiger partial charge in [0.25, 0.3) is 5.91 Å². The van der Waals surface area contributed by atoms with Crippen molar-refractivity contribution in [3.63, 3.8) is 0 Å². The lowest BCUT2D eigenvalue weighted by molar-refractivity contribution is 0.102. The van der Waals surface area contributed by atoms with E-state index in [1.807, 2.05) is 48.5 Å². The van der Waals surface area contributed by atoms with Gasteiger partial charge in [-0.05, 0) is 66.6 Å². The fraction of sp³-hybridized carbons (Fsp3) is 0.296. The molecule has 3 aromatic rings. The molecule has 33 heavy (non-hydrogen) atoms. The van der Waals surface area contributed by atoms with Crippen molar-refractivity contribution in [1.29, 1.82) is 0 Å². The van der Waals surface area contributed by atoms with E-state index in [9.17, 15) is 9.18 Å². The minimum Gasteiger partial charge on any atom is -0.497 e. The minimum atomic E-state index is -0.551. The fourth-order valence-corrected chi connectivity index (χ4v) is 3.97. The average Bonchev–Trinajstić information content (AvgIpc) is 2.84. The SMILES string of the molecule is COc1ccc(-c2ccc(C(=O)Nc3ccc(CCN4CCN(C)CC4)cc3)c(F)c2)cc1. The lowest BCUT2D eigenvalue weighted by atomic mass is 10.0. The number of methoxy groups -OCH3 is 1. The monoisotopic (exact) mass is 447 g/mol. The molecule has 0 bridgehead atoms. The Hall–Kier alpha value is -3.22. The Morgan fingerprint density at radius 2 is 1.61 bits per heavy atom. The number of halogens is 1. The Bertz CT molecular complexity index is 1080. The highest BCUT2D eigenvalue weighted by Crippen LogP contribution is 2.25. The molecule has 3 aromatic carbocycles. The number of likely N-dealkylation sites (N-methyl/N-ethyl adjacent to an activating group) is 1. The van der Waals surface area contributed by atoms with E-state index >= 15 is 0 Å². The predicted molar refractivity (Wildman–Crippen MR) is 130 cm³/mol. The highest BCUT2D eigenvalue weighted by molar-refractivity contribution is 6.04. The standard InChI is InChI=1S/C27H30FN3O2/c1-30-15-17-31(18-16-30)14-13-20-3-8-23(9-4-20)29-27(32)25-12-7-22(19-26(25)28)21-5-10-24(33-2)11-6-21/h3-12,19H,13-18H2,1-2H3,(H,29,32). The molecule has 0 aliphatic carbocycles. The van der Waals surface area contributed by atoms with Crippen LogP contribution in [-0.4, -0.2) is 62.6 Å². The Morgan fingerprint density at radius 3 is 2.24 bits per heavy atom. The summed E-state index contributed by atoms with van der Waals surface area (Å²) in [6.45, 7) is 5.47. The number of carbonyl (C=O) groups is 1. The second kappa shape index (κ2) is 10.6. The van der Waals surface area contributed by atoms with Gasteiger partial charge in [0.15, 0.2) is 0 Å². The summed E-state index contributed by atoms with van der Waals surface area (Å²) in [6.07, 6.45) is 0.972. The maximum atomic E-state index is 14.7. The summed E-state index contributed by atoms with van der Waals surface area (Å²) in [5, 5.41) is 2.80. The van der Waals surface area contributed by atoms with E-state index in [0.717, 1.165) is 50.5 Å². The van der Waals surface area contributed by atoms with Gasteiger partial charge < -0.3 is 19.9 Å². The summed E-state index contributed by atoms with van der Waals surface area (Å²) in [5.41, 5.74) is 3.46. The van der Waals surface area contributed by atoms with Gasteiger partial charge in [-0.3, -0.25) is 4.79 Å². The highest BCUT2D eigenvalue weighted by atomic mass is 19.1. The van der Waals surface area contributed by atoms with Crippen molar-refractivity contribution in [2.75, 3.05) is 52.2 Å². The summed E-state index contributed by atoms with van der Waals surface area (Å²) in [6, 6.07) is 19.8. The molecule has 4 rings (SSSR count). The van der Waals surface area contributed by atoms with E-state index in [4.69, 9.17) is 4.74 Å². The van der Waals surface area contributed by atoms with E-state index in [-0.39, 0.29) is 5.56 Å². The van der Waals surface area contributed by atoms with Gasteiger partial charge in [-0.25, -0.2) is 4.39 Å². The van der Waals surface area contributed by atoms with Gasteiger partial charge in [0.1, 0.15) is 11.6 Å². The Balaban J connectivity index is 1.34. The number of benzene rings is 3. The minimum absolute atomic E-state index is 0.0198. The van der Waals surface area contributed by atoms with Crippen LogP contribution in [0.4, 0.5) is 10.1 Å². The zero-order valence-electron chi connectivity index (χ0n) is 19.2. The van der Waals surface area contributed by atoms with Crippen LogP contribution >= 0.6 is 0 Å². The summed E-state index contributed by atoms with van der Waals surface area (Å²) in [7, 11) is 3.76. The van der Waals surface area contributed by atoms with Crippen LogP contribution in [0.5, 0.6) is 5.75 Å². The van der Waals surface area contributed by atoms with E-state index in [1.165, 1.54) is 17.7 Å². The van der Waals surface area contributed by atoms with Crippen LogP contribution in [-0.2, 0) is 6.42 Å². The molecule has 1 heterocycles. The first-order valence-corrected chi connectivity index (χ1v) is 11.3. The third kappa shape index (κ3) is 5.97. The first-order valence-electron chi connectivity index (χ1n) is 11.3. The first-order chi connectivity index (χ1) is 16.0. The van der Waals surface area contributed by atoms with Crippen molar-refractivity contribution < 1.29 is 13.9 Å². The molecule has 172 valence electrons. The second-order valence-corrected chi connectivity index (χ2v) is 8.47. The van der Waals surface area contributed by atoms with Gasteiger partial charge >= 0.3 is 0 Å². The molecule has 0 atom stereocenters. The number of nitrogens with zero attached hydrogens (tertiary/aromatic N) is 2. The van der Waals surface area contributed by atoms with Gasteiger partial charge in [0, 0.05) is 38.4 Å². The fourth-order valence-electron chi connectivity index (χ4n) is 3.97. The van der Waals surface area contributed by atoms with Crippen molar-refractivity contribution in [2.24, 2.45) is 0 Å². The van der Waals surface area contributed by atoms with Crippen LogP contribution in [0, 0.1) is 5.82 Å². The van der Waals surface area contributed by atoms with Crippen LogP contribution in [0.15, 0.2) is 66.7 Å². The molecule has 0 radical (unpaired) electrons. The molecule has 0 saturated carbocycles. The number of piperazine rings is 1. The summed E-state index contributed by atoms with van der Waals surface area (Å²) in [4.78, 5) is 17.5. The molecule has 5 nitrogen and oxygen atoms in total. The molecule has 1 fully saturated rings. The first kappa shape index (κ1) is 23.0. The van der Waals surface area contributed by atoms with Crippen molar-refractivity contribution in [1.82, 2.24) is 9.80 Å². The maximum Gasteiger partial charge on any atom is 0.258 e. The van der Waals surface area contributed by atoms with E-state index in [1.54, 1.807) is 13.2 Å². The predicted octanol–water partition coefficient (Wildman–Crippen LogP) is 4.54. The molecule has 0 aromatic heterocycles. The number of carbonyl (C=O) groups excluding carboxylic acids is 1. The largest absolute Gasteiger partial charge is 0.497 e. The summed E-state index contributed by atoms with van der Waals surface area (Å²) in [5.74, 6) is -0.274. The molecule has 1 saturated heterocycles. The van der Waals surface area contributed by atoms with E-state index in [2.05, 4.69) is 22.2 Å². The Kier molecular flexibility index (Phi) is 7.37. The molecule has 1 aliphatic rings. The second-order valence-electron chi connectivity index (χ2n) is 8.47. The number of amides is 1. The number of rotatable bonds is 7. The molecule has 0 unspecified atom stereocenters. The average molecular weight is 448 g/mol. The van der Waals surface area contributed by atoms with Gasteiger partial charge in [0.2, 0.25) is 0 Å². The quantitative estimate of drug-likeness (QED) is 0.578. The van der Waals surface area contributed by atoms with Gasteiger partial charge in [-0.15, -0.1) is 0 Å². The molecular weight excluding hydrogens is 417 g/mol. The molecule has 0 spiro atoms. The van der Waals surface area contributed by atoms with Gasteiger partial charge in [0.05, 0.1) is 12.7 Å². The van der Waals surface area contributed by atoms with Crippen LogP contribution in [0.25, 0.3) is 11.1 Å². The number of hydrogen-bond donors (Lipinski definition) is 1. The van der Waals surface area contributed by atoms with Crippen molar-refractivity contribution in [3.8, 4) is 16.9 Å². The zero-order chi connectivity index (χ0) is 23.2. The third-order valence-electron chi connectivity index (χ3n) is 6.16. The Morgan fingerprint density at radius 1 is 0.939 bits per heavy atom. The molecular formula is C27H30FN3O2. The molecule has 1 N–H and O–H groups in total. The van der Waals surface area contributed by atoms with Crippen LogP contribution < -0.4 is 10.1 Å². The van der Waals surface area contributed by atoms with Crippen LogP contribution in [0.3, 0.4) is 0 Å². The topological polar surface area (TPSA) is 44.8 Å². The van der Waals surface area contributed by atoms with E-state index < -0.39 is 11.7 Å². The normalized spacial score (nSPS) is 14.8. The number of hydrogen-bond acceptors (Lipinski definition) is 4.